The van der Waals surface area contributed by atoms with Crippen LogP contribution in [0.15, 0.2) is 29.7 Å². The SMILES string of the molecule is Cn1cnnc1S(=O)(=O)C1CN(C(=O)CCc2ccc(Cl)c(C(F)(F)F)c2)C1. The van der Waals surface area contributed by atoms with E-state index in [4.69, 9.17) is 11.6 Å². The lowest BCUT2D eigenvalue weighted by Gasteiger charge is -2.38. The number of carbonyl (C=O) groups excluding carboxylic acids is 1. The third kappa shape index (κ3) is 4.00. The van der Waals surface area contributed by atoms with Crippen molar-refractivity contribution in [1.29, 1.82) is 0 Å². The number of benzene rings is 1. The van der Waals surface area contributed by atoms with Crippen molar-refractivity contribution < 1.29 is 26.4 Å². The first-order valence-electron chi connectivity index (χ1n) is 8.21. The highest BCUT2D eigenvalue weighted by Crippen LogP contribution is 2.35. The van der Waals surface area contributed by atoms with Crippen molar-refractivity contribution >= 4 is 27.3 Å². The molecule has 0 N–H and O–H groups in total. The van der Waals surface area contributed by atoms with Gasteiger partial charge in [0.2, 0.25) is 20.9 Å². The number of nitrogens with zero attached hydrogens (tertiary/aromatic N) is 4. The van der Waals surface area contributed by atoms with Gasteiger partial charge in [0.15, 0.2) is 0 Å². The monoisotopic (exact) mass is 436 g/mol. The molecule has 0 atom stereocenters. The molecule has 1 amide bonds. The molecular weight excluding hydrogens is 421 g/mol. The molecule has 28 heavy (non-hydrogen) atoms. The van der Waals surface area contributed by atoms with Crippen LogP contribution in [0.25, 0.3) is 0 Å². The lowest BCUT2D eigenvalue weighted by Crippen LogP contribution is -2.57. The van der Waals surface area contributed by atoms with Crippen molar-refractivity contribution in [3.63, 3.8) is 0 Å². The second-order valence-corrected chi connectivity index (χ2v) is 9.03. The third-order valence-electron chi connectivity index (χ3n) is 4.53. The van der Waals surface area contributed by atoms with Crippen molar-refractivity contribution in [1.82, 2.24) is 19.7 Å². The van der Waals surface area contributed by atoms with E-state index in [1.807, 2.05) is 0 Å². The molecule has 1 aromatic carbocycles. The fourth-order valence-corrected chi connectivity index (χ4v) is 4.76. The number of carbonyl (C=O) groups is 1. The second kappa shape index (κ2) is 7.36. The Morgan fingerprint density at radius 2 is 2.00 bits per heavy atom. The summed E-state index contributed by atoms with van der Waals surface area (Å²) in [4.78, 5) is 13.6. The summed E-state index contributed by atoms with van der Waals surface area (Å²) in [7, 11) is -2.18. The minimum atomic E-state index is -4.57. The molecule has 7 nitrogen and oxygen atoms in total. The van der Waals surface area contributed by atoms with Crippen LogP contribution in [0.5, 0.6) is 0 Å². The van der Waals surface area contributed by atoms with Crippen molar-refractivity contribution in [3.05, 3.63) is 40.7 Å². The van der Waals surface area contributed by atoms with Crippen LogP contribution in [0.2, 0.25) is 5.02 Å². The zero-order chi connectivity index (χ0) is 20.7. The van der Waals surface area contributed by atoms with Crippen LogP contribution in [0.1, 0.15) is 17.5 Å². The van der Waals surface area contributed by atoms with Gasteiger partial charge in [-0.15, -0.1) is 10.2 Å². The molecule has 0 saturated carbocycles. The summed E-state index contributed by atoms with van der Waals surface area (Å²) in [6.07, 6.45) is -3.24. The van der Waals surface area contributed by atoms with Gasteiger partial charge in [0.05, 0.1) is 10.6 Å². The molecule has 1 fully saturated rings. The molecule has 3 rings (SSSR count). The number of halogens is 4. The van der Waals surface area contributed by atoms with Crippen LogP contribution < -0.4 is 0 Å². The summed E-state index contributed by atoms with van der Waals surface area (Å²) in [5, 5.41) is 5.80. The minimum Gasteiger partial charge on any atom is -0.340 e. The molecule has 2 heterocycles. The van der Waals surface area contributed by atoms with Gasteiger partial charge in [-0.25, -0.2) is 8.42 Å². The molecule has 2 aromatic rings. The maximum Gasteiger partial charge on any atom is 0.417 e. The molecule has 12 heteroatoms. The Balaban J connectivity index is 1.57. The van der Waals surface area contributed by atoms with Gasteiger partial charge in [0.1, 0.15) is 11.6 Å². The minimum absolute atomic E-state index is 0.0163. The third-order valence-corrected chi connectivity index (χ3v) is 6.91. The van der Waals surface area contributed by atoms with Crippen LogP contribution in [0.3, 0.4) is 0 Å². The summed E-state index contributed by atoms with van der Waals surface area (Å²) in [5.74, 6) is -0.326. The summed E-state index contributed by atoms with van der Waals surface area (Å²) in [6.45, 7) is 0.0326. The Kier molecular flexibility index (Phi) is 5.41. The number of rotatable bonds is 5. The van der Waals surface area contributed by atoms with Crippen LogP contribution in [-0.4, -0.2) is 52.3 Å². The first kappa shape index (κ1) is 20.6. The van der Waals surface area contributed by atoms with Gasteiger partial charge in [0.25, 0.3) is 0 Å². The molecule has 1 aromatic heterocycles. The quantitative estimate of drug-likeness (QED) is 0.716. The number of hydrogen-bond acceptors (Lipinski definition) is 5. The van der Waals surface area contributed by atoms with E-state index in [1.165, 1.54) is 28.9 Å². The van der Waals surface area contributed by atoms with E-state index < -0.39 is 31.8 Å². The van der Waals surface area contributed by atoms with Crippen molar-refractivity contribution in [2.45, 2.75) is 29.4 Å². The predicted molar refractivity (Wildman–Crippen MR) is 93.3 cm³/mol. The molecule has 0 aliphatic carbocycles. The first-order chi connectivity index (χ1) is 13.0. The van der Waals surface area contributed by atoms with Crippen molar-refractivity contribution in [2.24, 2.45) is 7.05 Å². The predicted octanol–water partition coefficient (Wildman–Crippen LogP) is 2.10. The van der Waals surface area contributed by atoms with E-state index in [0.29, 0.717) is 5.56 Å². The molecular formula is C16H16ClF3N4O3S. The summed E-state index contributed by atoms with van der Waals surface area (Å²) in [6, 6.07) is 3.51. The molecule has 0 spiro atoms. The second-order valence-electron chi connectivity index (χ2n) is 6.50. The molecule has 0 bridgehead atoms. The maximum absolute atomic E-state index is 12.9. The highest BCUT2D eigenvalue weighted by Gasteiger charge is 2.42. The van der Waals surface area contributed by atoms with E-state index in [2.05, 4.69) is 10.2 Å². The van der Waals surface area contributed by atoms with E-state index in [-0.39, 0.29) is 37.0 Å². The Bertz CT molecular complexity index is 1000. The fraction of sp³-hybridized carbons (Fsp3) is 0.438. The zero-order valence-corrected chi connectivity index (χ0v) is 16.2. The van der Waals surface area contributed by atoms with Gasteiger partial charge in [-0.05, 0) is 24.1 Å². The molecule has 0 unspecified atom stereocenters. The number of sulfone groups is 1. The zero-order valence-electron chi connectivity index (χ0n) is 14.6. The Morgan fingerprint density at radius 3 is 2.57 bits per heavy atom. The lowest BCUT2D eigenvalue weighted by atomic mass is 10.0. The molecule has 152 valence electrons. The van der Waals surface area contributed by atoms with E-state index in [1.54, 1.807) is 0 Å². The van der Waals surface area contributed by atoms with Crippen LogP contribution in [0, 0.1) is 0 Å². The van der Waals surface area contributed by atoms with Gasteiger partial charge in [-0.1, -0.05) is 17.7 Å². The van der Waals surface area contributed by atoms with Crippen LogP contribution in [-0.2, 0) is 34.3 Å². The smallest absolute Gasteiger partial charge is 0.340 e. The van der Waals surface area contributed by atoms with Crippen LogP contribution >= 0.6 is 11.6 Å². The number of aryl methyl sites for hydroxylation is 2. The lowest BCUT2D eigenvalue weighted by molar-refractivity contribution is -0.137. The van der Waals surface area contributed by atoms with E-state index in [9.17, 15) is 26.4 Å². The number of alkyl halides is 3. The Hall–Kier alpha value is -2.14. The Morgan fingerprint density at radius 1 is 1.32 bits per heavy atom. The van der Waals surface area contributed by atoms with Gasteiger partial charge in [0, 0.05) is 26.6 Å². The van der Waals surface area contributed by atoms with Crippen molar-refractivity contribution in [2.75, 3.05) is 13.1 Å². The molecule has 1 aliphatic heterocycles. The van der Waals surface area contributed by atoms with Gasteiger partial charge >= 0.3 is 6.18 Å². The summed E-state index contributed by atoms with van der Waals surface area (Å²) in [5.41, 5.74) is -0.619. The van der Waals surface area contributed by atoms with Crippen LogP contribution in [0.4, 0.5) is 13.2 Å². The fourth-order valence-electron chi connectivity index (χ4n) is 2.87. The topological polar surface area (TPSA) is 85.2 Å². The summed E-state index contributed by atoms with van der Waals surface area (Å²) < 4.78 is 64.8. The average Bonchev–Trinajstić information content (AvgIpc) is 2.98. The maximum atomic E-state index is 12.9. The molecule has 1 aliphatic rings. The van der Waals surface area contributed by atoms with Crippen molar-refractivity contribution in [3.8, 4) is 0 Å². The molecule has 1 saturated heterocycles. The average molecular weight is 437 g/mol. The van der Waals surface area contributed by atoms with E-state index in [0.717, 1.165) is 12.1 Å². The highest BCUT2D eigenvalue weighted by atomic mass is 35.5. The standard InChI is InChI=1S/C16H16ClF3N4O3S/c1-23-9-21-22-15(23)28(26,27)11-7-24(8-11)14(25)5-3-10-2-4-13(17)12(6-10)16(18,19)20/h2,4,6,9,11H,3,5,7-8H2,1H3. The number of likely N-dealkylation sites (tertiary alicyclic amines) is 1. The summed E-state index contributed by atoms with van der Waals surface area (Å²) >= 11 is 5.57. The van der Waals surface area contributed by atoms with Gasteiger partial charge < -0.3 is 9.47 Å². The first-order valence-corrected chi connectivity index (χ1v) is 10.1. The van der Waals surface area contributed by atoms with E-state index >= 15 is 0 Å². The largest absolute Gasteiger partial charge is 0.417 e. The van der Waals surface area contributed by atoms with Gasteiger partial charge in [-0.3, -0.25) is 4.79 Å². The normalized spacial score (nSPS) is 15.5. The highest BCUT2D eigenvalue weighted by molar-refractivity contribution is 7.92. The number of amides is 1. The Labute approximate surface area is 164 Å². The number of hydrogen-bond donors (Lipinski definition) is 0. The van der Waals surface area contributed by atoms with Gasteiger partial charge in [-0.2, -0.15) is 13.2 Å². The number of aromatic nitrogens is 3. The molecule has 0 radical (unpaired) electrons.